The molecule has 0 fully saturated rings. The fourth-order valence-electron chi connectivity index (χ4n) is 0.718. The van der Waals surface area contributed by atoms with E-state index in [1.165, 1.54) is 0 Å². The van der Waals surface area contributed by atoms with Gasteiger partial charge >= 0.3 is 0 Å². The second-order valence-electron chi connectivity index (χ2n) is 2.98. The first kappa shape index (κ1) is 8.93. The standard InChI is InChI=1S/C8H17F/c1-4-8(9)6-5-7(2)3/h7-8H,4-6H2,1-3H3. The quantitative estimate of drug-likeness (QED) is 0.551. The van der Waals surface area contributed by atoms with Crippen LogP contribution in [0.4, 0.5) is 4.39 Å². The highest BCUT2D eigenvalue weighted by molar-refractivity contribution is 4.54. The van der Waals surface area contributed by atoms with Crippen LogP contribution in [0, 0.1) is 5.92 Å². The molecule has 0 N–H and O–H groups in total. The molecule has 0 radical (unpaired) electrons. The molecular weight excluding hydrogens is 115 g/mol. The van der Waals surface area contributed by atoms with E-state index in [4.69, 9.17) is 0 Å². The van der Waals surface area contributed by atoms with E-state index < -0.39 is 6.17 Å². The Kier molecular flexibility index (Phi) is 4.74. The van der Waals surface area contributed by atoms with E-state index in [0.29, 0.717) is 12.3 Å². The van der Waals surface area contributed by atoms with E-state index in [-0.39, 0.29) is 0 Å². The molecule has 0 bridgehead atoms. The first-order valence-corrected chi connectivity index (χ1v) is 3.80. The molecule has 0 saturated carbocycles. The number of halogens is 1. The van der Waals surface area contributed by atoms with Crippen LogP contribution in [-0.2, 0) is 0 Å². The van der Waals surface area contributed by atoms with Crippen LogP contribution in [0.2, 0.25) is 0 Å². The van der Waals surface area contributed by atoms with Crippen molar-refractivity contribution in [2.75, 3.05) is 0 Å². The van der Waals surface area contributed by atoms with Crippen molar-refractivity contribution in [1.82, 2.24) is 0 Å². The van der Waals surface area contributed by atoms with Gasteiger partial charge in [0.15, 0.2) is 0 Å². The Morgan fingerprint density at radius 2 is 1.78 bits per heavy atom. The third kappa shape index (κ3) is 5.81. The minimum absolute atomic E-state index is 0.563. The lowest BCUT2D eigenvalue weighted by atomic mass is 10.0. The Balaban J connectivity index is 3.06. The van der Waals surface area contributed by atoms with Crippen molar-refractivity contribution in [2.45, 2.75) is 46.2 Å². The van der Waals surface area contributed by atoms with Crippen molar-refractivity contribution < 1.29 is 4.39 Å². The van der Waals surface area contributed by atoms with Gasteiger partial charge in [-0.3, -0.25) is 0 Å². The summed E-state index contributed by atoms with van der Waals surface area (Å²) in [7, 11) is 0. The maximum atomic E-state index is 12.5. The molecule has 0 aromatic carbocycles. The third-order valence-corrected chi connectivity index (χ3v) is 1.50. The fraction of sp³-hybridized carbons (Fsp3) is 1.00. The van der Waals surface area contributed by atoms with E-state index in [2.05, 4.69) is 13.8 Å². The van der Waals surface area contributed by atoms with Crippen molar-refractivity contribution in [3.05, 3.63) is 0 Å². The number of alkyl halides is 1. The van der Waals surface area contributed by atoms with Crippen LogP contribution in [0.1, 0.15) is 40.0 Å². The molecule has 0 aliphatic carbocycles. The normalized spacial score (nSPS) is 14.3. The van der Waals surface area contributed by atoms with Gasteiger partial charge in [-0.1, -0.05) is 20.8 Å². The van der Waals surface area contributed by atoms with Gasteiger partial charge in [0.25, 0.3) is 0 Å². The molecule has 1 atom stereocenters. The lowest BCUT2D eigenvalue weighted by Crippen LogP contribution is -1.99. The molecule has 0 saturated heterocycles. The van der Waals surface area contributed by atoms with Crippen molar-refractivity contribution in [1.29, 1.82) is 0 Å². The van der Waals surface area contributed by atoms with Gasteiger partial charge in [0.2, 0.25) is 0 Å². The smallest absolute Gasteiger partial charge is 0.0999 e. The zero-order valence-electron chi connectivity index (χ0n) is 6.65. The summed E-state index contributed by atoms with van der Waals surface area (Å²) in [5.41, 5.74) is 0. The van der Waals surface area contributed by atoms with Crippen LogP contribution < -0.4 is 0 Å². The van der Waals surface area contributed by atoms with Crippen molar-refractivity contribution >= 4 is 0 Å². The summed E-state index contributed by atoms with van der Waals surface area (Å²) >= 11 is 0. The zero-order chi connectivity index (χ0) is 7.28. The van der Waals surface area contributed by atoms with Gasteiger partial charge in [0, 0.05) is 0 Å². The maximum Gasteiger partial charge on any atom is 0.0999 e. The predicted molar refractivity (Wildman–Crippen MR) is 39.3 cm³/mol. The molecule has 0 nitrogen and oxygen atoms in total. The first-order chi connectivity index (χ1) is 4.16. The molecule has 0 aromatic heterocycles. The minimum Gasteiger partial charge on any atom is -0.248 e. The van der Waals surface area contributed by atoms with Crippen LogP contribution in [-0.4, -0.2) is 6.17 Å². The van der Waals surface area contributed by atoms with Gasteiger partial charge in [-0.25, -0.2) is 4.39 Å². The van der Waals surface area contributed by atoms with E-state index in [1.807, 2.05) is 6.92 Å². The predicted octanol–water partition coefficient (Wildman–Crippen LogP) is 3.17. The summed E-state index contributed by atoms with van der Waals surface area (Å²) in [5.74, 6) is 0.648. The van der Waals surface area contributed by atoms with Crippen LogP contribution in [0.3, 0.4) is 0 Å². The molecule has 1 heteroatoms. The summed E-state index contributed by atoms with van der Waals surface area (Å²) in [6, 6.07) is 0. The van der Waals surface area contributed by atoms with E-state index in [1.54, 1.807) is 0 Å². The van der Waals surface area contributed by atoms with Crippen LogP contribution in [0.15, 0.2) is 0 Å². The maximum absolute atomic E-state index is 12.5. The minimum atomic E-state index is -0.563. The SMILES string of the molecule is CCC(F)CCC(C)C. The molecule has 1 unspecified atom stereocenters. The molecule has 0 aliphatic rings. The Hall–Kier alpha value is -0.0700. The number of hydrogen-bond acceptors (Lipinski definition) is 0. The summed E-state index contributed by atoms with van der Waals surface area (Å²) in [6.45, 7) is 6.15. The molecule has 0 aromatic rings. The van der Waals surface area contributed by atoms with Gasteiger partial charge < -0.3 is 0 Å². The van der Waals surface area contributed by atoms with Gasteiger partial charge in [-0.2, -0.15) is 0 Å². The first-order valence-electron chi connectivity index (χ1n) is 3.80. The molecule has 9 heavy (non-hydrogen) atoms. The van der Waals surface area contributed by atoms with E-state index >= 15 is 0 Å². The molecule has 0 aliphatic heterocycles. The van der Waals surface area contributed by atoms with Crippen LogP contribution in [0.25, 0.3) is 0 Å². The van der Waals surface area contributed by atoms with Crippen LogP contribution >= 0.6 is 0 Å². The zero-order valence-corrected chi connectivity index (χ0v) is 6.65. The summed E-state index contributed by atoms with van der Waals surface area (Å²) in [5, 5.41) is 0. The summed E-state index contributed by atoms with van der Waals surface area (Å²) in [4.78, 5) is 0. The lowest BCUT2D eigenvalue weighted by Gasteiger charge is -2.06. The molecule has 0 rings (SSSR count). The summed E-state index contributed by atoms with van der Waals surface area (Å²) in [6.07, 6.45) is 1.88. The average molecular weight is 132 g/mol. The average Bonchev–Trinajstić information content (AvgIpc) is 1.83. The van der Waals surface area contributed by atoms with E-state index in [0.717, 1.165) is 12.8 Å². The molecular formula is C8H17F. The Morgan fingerprint density at radius 1 is 1.22 bits per heavy atom. The number of hydrogen-bond donors (Lipinski definition) is 0. The number of rotatable bonds is 4. The van der Waals surface area contributed by atoms with Gasteiger partial charge in [0.05, 0.1) is 6.17 Å². The topological polar surface area (TPSA) is 0 Å². The summed E-state index contributed by atoms with van der Waals surface area (Å²) < 4.78 is 12.5. The Labute approximate surface area is 57.5 Å². The van der Waals surface area contributed by atoms with Gasteiger partial charge in [0.1, 0.15) is 0 Å². The Bertz CT molecular complexity index is 59.6. The molecule has 56 valence electrons. The molecule has 0 amide bonds. The highest BCUT2D eigenvalue weighted by Gasteiger charge is 2.03. The fourth-order valence-corrected chi connectivity index (χ4v) is 0.718. The van der Waals surface area contributed by atoms with Gasteiger partial charge in [-0.05, 0) is 25.2 Å². The highest BCUT2D eigenvalue weighted by Crippen LogP contribution is 2.10. The highest BCUT2D eigenvalue weighted by atomic mass is 19.1. The third-order valence-electron chi connectivity index (χ3n) is 1.50. The molecule has 0 spiro atoms. The largest absolute Gasteiger partial charge is 0.248 e. The van der Waals surface area contributed by atoms with Crippen molar-refractivity contribution in [2.24, 2.45) is 5.92 Å². The van der Waals surface area contributed by atoms with E-state index in [9.17, 15) is 4.39 Å². The second kappa shape index (κ2) is 4.78. The van der Waals surface area contributed by atoms with Gasteiger partial charge in [-0.15, -0.1) is 0 Å². The van der Waals surface area contributed by atoms with Crippen molar-refractivity contribution in [3.8, 4) is 0 Å². The second-order valence-corrected chi connectivity index (χ2v) is 2.98. The monoisotopic (exact) mass is 132 g/mol. The van der Waals surface area contributed by atoms with Crippen molar-refractivity contribution in [3.63, 3.8) is 0 Å². The Morgan fingerprint density at radius 3 is 2.11 bits per heavy atom. The lowest BCUT2D eigenvalue weighted by molar-refractivity contribution is 0.287. The van der Waals surface area contributed by atoms with Crippen LogP contribution in [0.5, 0.6) is 0 Å². The molecule has 0 heterocycles.